The van der Waals surface area contributed by atoms with Gasteiger partial charge in [-0.3, -0.25) is 0 Å². The predicted octanol–water partition coefficient (Wildman–Crippen LogP) is 0.834. The Morgan fingerprint density at radius 2 is 2.27 bits per heavy atom. The molecule has 0 saturated carbocycles. The van der Waals surface area contributed by atoms with Crippen molar-refractivity contribution in [3.05, 3.63) is 23.6 Å². The maximum absolute atomic E-state index is 9.84. The van der Waals surface area contributed by atoms with Crippen molar-refractivity contribution in [2.75, 3.05) is 6.61 Å². The van der Waals surface area contributed by atoms with Crippen LogP contribution in [-0.2, 0) is 0 Å². The number of oxazole rings is 1. The van der Waals surface area contributed by atoms with Gasteiger partial charge in [0.25, 0.3) is 0 Å². The van der Waals surface area contributed by atoms with Crippen molar-refractivity contribution in [2.45, 2.75) is 13.0 Å². The van der Waals surface area contributed by atoms with Gasteiger partial charge in [-0.25, -0.2) is 4.98 Å². The van der Waals surface area contributed by atoms with E-state index in [1.807, 2.05) is 0 Å². The zero-order chi connectivity index (χ0) is 11.0. The van der Waals surface area contributed by atoms with Crippen molar-refractivity contribution < 1.29 is 14.6 Å². The topological polar surface area (TPSA) is 92.5 Å². The lowest BCUT2D eigenvalue weighted by Gasteiger charge is -2.09. The molecule has 0 fully saturated rings. The summed E-state index contributed by atoms with van der Waals surface area (Å²) in [5.41, 5.74) is 6.98. The number of phenolic OH excluding ortho intramolecular Hbond substituents is 1. The van der Waals surface area contributed by atoms with E-state index in [1.54, 1.807) is 19.1 Å². The van der Waals surface area contributed by atoms with Gasteiger partial charge >= 0.3 is 0 Å². The highest BCUT2D eigenvalue weighted by molar-refractivity contribution is 5.81. The second-order valence-corrected chi connectivity index (χ2v) is 3.37. The fourth-order valence-electron chi connectivity index (χ4n) is 1.50. The van der Waals surface area contributed by atoms with Crippen molar-refractivity contribution in [1.82, 2.24) is 4.98 Å². The molecule has 1 aromatic carbocycles. The van der Waals surface area contributed by atoms with Crippen LogP contribution in [0.15, 0.2) is 16.5 Å². The second-order valence-electron chi connectivity index (χ2n) is 3.37. The zero-order valence-corrected chi connectivity index (χ0v) is 8.27. The van der Waals surface area contributed by atoms with Gasteiger partial charge in [0.2, 0.25) is 0 Å². The van der Waals surface area contributed by atoms with Crippen LogP contribution in [0.2, 0.25) is 0 Å². The number of aliphatic hydroxyl groups is 1. The number of hydrogen-bond donors (Lipinski definition) is 3. The van der Waals surface area contributed by atoms with E-state index in [-0.39, 0.29) is 12.4 Å². The summed E-state index contributed by atoms with van der Waals surface area (Å²) in [6.07, 6.45) is 0. The van der Waals surface area contributed by atoms with Gasteiger partial charge in [0.05, 0.1) is 12.6 Å². The molecule has 2 rings (SSSR count). The largest absolute Gasteiger partial charge is 0.504 e. The Labute approximate surface area is 86.2 Å². The summed E-state index contributed by atoms with van der Waals surface area (Å²) in [4.78, 5) is 4.07. The molecule has 1 unspecified atom stereocenters. The van der Waals surface area contributed by atoms with Crippen LogP contribution in [-0.4, -0.2) is 21.8 Å². The van der Waals surface area contributed by atoms with E-state index in [0.717, 1.165) is 0 Å². The Morgan fingerprint density at radius 1 is 1.53 bits per heavy atom. The Kier molecular flexibility index (Phi) is 2.34. The number of rotatable bonds is 2. The molecule has 1 heterocycles. The van der Waals surface area contributed by atoms with Gasteiger partial charge in [-0.1, -0.05) is 6.07 Å². The third-order valence-electron chi connectivity index (χ3n) is 2.27. The first-order valence-corrected chi connectivity index (χ1v) is 4.59. The van der Waals surface area contributed by atoms with Gasteiger partial charge in [-0.15, -0.1) is 0 Å². The van der Waals surface area contributed by atoms with E-state index < -0.39 is 6.04 Å². The minimum Gasteiger partial charge on any atom is -0.504 e. The van der Waals surface area contributed by atoms with Gasteiger partial charge in [0.1, 0.15) is 5.52 Å². The number of nitrogens with zero attached hydrogens (tertiary/aromatic N) is 1. The molecule has 1 atom stereocenters. The first-order valence-electron chi connectivity index (χ1n) is 4.59. The molecule has 15 heavy (non-hydrogen) atoms. The fourth-order valence-corrected chi connectivity index (χ4v) is 1.50. The maximum Gasteiger partial charge on any atom is 0.196 e. The SMILES string of the molecule is Cc1nc2ccc(C(N)CO)c(O)c2o1. The summed E-state index contributed by atoms with van der Waals surface area (Å²) >= 11 is 0. The van der Waals surface area contributed by atoms with Crippen LogP contribution >= 0.6 is 0 Å². The molecule has 0 radical (unpaired) electrons. The number of phenols is 1. The number of hydrogen-bond acceptors (Lipinski definition) is 5. The lowest BCUT2D eigenvalue weighted by molar-refractivity contribution is 0.265. The van der Waals surface area contributed by atoms with Crippen LogP contribution in [0.1, 0.15) is 17.5 Å². The summed E-state index contributed by atoms with van der Waals surface area (Å²) in [7, 11) is 0. The number of aliphatic hydroxyl groups excluding tert-OH is 1. The number of aryl methyl sites for hydroxylation is 1. The van der Waals surface area contributed by atoms with Crippen LogP contribution in [0.5, 0.6) is 5.75 Å². The summed E-state index contributed by atoms with van der Waals surface area (Å²) in [5.74, 6) is 0.435. The molecule has 5 heteroatoms. The Balaban J connectivity index is 2.64. The second kappa shape index (κ2) is 3.52. The average Bonchev–Trinajstić information content (AvgIpc) is 2.59. The molecule has 0 aliphatic carbocycles. The fraction of sp³-hybridized carbons (Fsp3) is 0.300. The summed E-state index contributed by atoms with van der Waals surface area (Å²) in [6.45, 7) is 1.47. The summed E-state index contributed by atoms with van der Waals surface area (Å²) in [5, 5.41) is 18.7. The van der Waals surface area contributed by atoms with Crippen molar-refractivity contribution in [3.8, 4) is 5.75 Å². The van der Waals surface area contributed by atoms with Gasteiger partial charge in [0, 0.05) is 12.5 Å². The number of fused-ring (bicyclic) bond motifs is 1. The average molecular weight is 208 g/mol. The van der Waals surface area contributed by atoms with E-state index in [2.05, 4.69) is 4.98 Å². The standard InChI is InChI=1S/C10H12N2O3/c1-5-12-8-3-2-6(7(11)4-13)9(14)10(8)15-5/h2-3,7,13-14H,4,11H2,1H3. The van der Waals surface area contributed by atoms with E-state index >= 15 is 0 Å². The number of benzene rings is 1. The highest BCUT2D eigenvalue weighted by atomic mass is 16.4. The van der Waals surface area contributed by atoms with E-state index in [9.17, 15) is 5.11 Å². The first kappa shape index (κ1) is 9.95. The van der Waals surface area contributed by atoms with Gasteiger partial charge in [-0.05, 0) is 6.07 Å². The Morgan fingerprint density at radius 3 is 2.93 bits per heavy atom. The Hall–Kier alpha value is -1.59. The maximum atomic E-state index is 9.84. The van der Waals surface area contributed by atoms with E-state index in [1.165, 1.54) is 0 Å². The molecule has 0 saturated heterocycles. The molecule has 80 valence electrons. The first-order chi connectivity index (χ1) is 7.13. The van der Waals surface area contributed by atoms with Crippen LogP contribution in [0.4, 0.5) is 0 Å². The minimum atomic E-state index is -0.611. The van der Waals surface area contributed by atoms with Crippen molar-refractivity contribution in [3.63, 3.8) is 0 Å². The monoisotopic (exact) mass is 208 g/mol. The normalized spacial score (nSPS) is 13.3. The summed E-state index contributed by atoms with van der Waals surface area (Å²) in [6, 6.07) is 2.73. The highest BCUT2D eigenvalue weighted by Crippen LogP contribution is 2.31. The molecular weight excluding hydrogens is 196 g/mol. The summed E-state index contributed by atoms with van der Waals surface area (Å²) < 4.78 is 5.24. The van der Waals surface area contributed by atoms with Crippen molar-refractivity contribution in [1.29, 1.82) is 0 Å². The lowest BCUT2D eigenvalue weighted by atomic mass is 10.1. The Bertz CT molecular complexity index is 493. The molecule has 5 nitrogen and oxygen atoms in total. The number of aromatic hydroxyl groups is 1. The molecule has 0 aliphatic rings. The van der Waals surface area contributed by atoms with Crippen LogP contribution < -0.4 is 5.73 Å². The van der Waals surface area contributed by atoms with Crippen molar-refractivity contribution >= 4 is 11.1 Å². The van der Waals surface area contributed by atoms with Crippen molar-refractivity contribution in [2.24, 2.45) is 5.73 Å². The molecular formula is C10H12N2O3. The minimum absolute atomic E-state index is 0.0466. The van der Waals surface area contributed by atoms with Crippen LogP contribution in [0.25, 0.3) is 11.1 Å². The quantitative estimate of drug-likeness (QED) is 0.679. The third kappa shape index (κ3) is 1.55. The molecule has 0 aliphatic heterocycles. The van der Waals surface area contributed by atoms with Gasteiger partial charge in [-0.2, -0.15) is 0 Å². The lowest BCUT2D eigenvalue weighted by Crippen LogP contribution is -2.14. The molecule has 4 N–H and O–H groups in total. The molecule has 0 bridgehead atoms. The number of nitrogens with two attached hydrogens (primary N) is 1. The smallest absolute Gasteiger partial charge is 0.196 e. The van der Waals surface area contributed by atoms with E-state index in [0.29, 0.717) is 22.6 Å². The molecule has 2 aromatic rings. The molecule has 0 spiro atoms. The highest BCUT2D eigenvalue weighted by Gasteiger charge is 2.15. The van der Waals surface area contributed by atoms with Gasteiger partial charge < -0.3 is 20.4 Å². The third-order valence-corrected chi connectivity index (χ3v) is 2.27. The van der Waals surface area contributed by atoms with Gasteiger partial charge in [0.15, 0.2) is 17.2 Å². The zero-order valence-electron chi connectivity index (χ0n) is 8.27. The molecule has 1 aromatic heterocycles. The van der Waals surface area contributed by atoms with Crippen LogP contribution in [0, 0.1) is 6.92 Å². The van der Waals surface area contributed by atoms with E-state index in [4.69, 9.17) is 15.3 Å². The molecule has 0 amide bonds. The number of aromatic nitrogens is 1. The predicted molar refractivity (Wildman–Crippen MR) is 54.4 cm³/mol. The van der Waals surface area contributed by atoms with Crippen LogP contribution in [0.3, 0.4) is 0 Å².